The quantitative estimate of drug-likeness (QED) is 0.850. The molecule has 1 aliphatic carbocycles. The van der Waals surface area contributed by atoms with Gasteiger partial charge in [-0.2, -0.15) is 0 Å². The van der Waals surface area contributed by atoms with E-state index in [0.29, 0.717) is 28.1 Å². The Morgan fingerprint density at radius 3 is 2.89 bits per heavy atom. The molecule has 2 unspecified atom stereocenters. The Morgan fingerprint density at radius 2 is 2.11 bits per heavy atom. The number of fused-ring (bicyclic) bond motifs is 1. The molecule has 0 radical (unpaired) electrons. The van der Waals surface area contributed by atoms with Crippen LogP contribution in [0.4, 0.5) is 0 Å². The summed E-state index contributed by atoms with van der Waals surface area (Å²) in [5.41, 5.74) is 0.669. The number of hydrogen-bond donors (Lipinski definition) is 1. The Bertz CT molecular complexity index is 627. The van der Waals surface area contributed by atoms with Crippen molar-refractivity contribution >= 4 is 27.5 Å². The molecule has 1 heterocycles. The van der Waals surface area contributed by atoms with E-state index in [9.17, 15) is 8.42 Å². The molecular weight excluding hydrogens is 284 g/mol. The van der Waals surface area contributed by atoms with Crippen LogP contribution in [0.15, 0.2) is 34.2 Å². The summed E-state index contributed by atoms with van der Waals surface area (Å²) < 4.78 is 26.5. The van der Waals surface area contributed by atoms with E-state index in [0.717, 1.165) is 19.3 Å². The van der Waals surface area contributed by atoms with Gasteiger partial charge in [-0.25, -0.2) is 8.42 Å². The molecule has 1 saturated carbocycles. The number of amidine groups is 1. The van der Waals surface area contributed by atoms with E-state index in [1.54, 1.807) is 18.2 Å². The van der Waals surface area contributed by atoms with Crippen LogP contribution in [-0.4, -0.2) is 26.2 Å². The molecule has 0 bridgehead atoms. The maximum atomic E-state index is 12.0. The third-order valence-electron chi connectivity index (χ3n) is 3.77. The third kappa shape index (κ3) is 2.25. The smallest absolute Gasteiger partial charge is 0.263 e. The number of alkyl halides is 1. The largest absolute Gasteiger partial charge is 0.264 e. The summed E-state index contributed by atoms with van der Waals surface area (Å²) in [7, 11) is -3.43. The maximum Gasteiger partial charge on any atom is 0.263 e. The van der Waals surface area contributed by atoms with E-state index in [2.05, 4.69) is 9.71 Å². The van der Waals surface area contributed by atoms with Crippen LogP contribution in [0.5, 0.6) is 0 Å². The number of halogens is 1. The normalized spacial score (nSPS) is 30.3. The topological polar surface area (TPSA) is 58.5 Å². The summed E-state index contributed by atoms with van der Waals surface area (Å²) in [6, 6.07) is 7.06. The van der Waals surface area contributed by atoms with Crippen molar-refractivity contribution < 1.29 is 8.42 Å². The van der Waals surface area contributed by atoms with Gasteiger partial charge in [-0.15, -0.1) is 11.6 Å². The van der Waals surface area contributed by atoms with E-state index in [1.165, 1.54) is 0 Å². The Labute approximate surface area is 117 Å². The summed E-state index contributed by atoms with van der Waals surface area (Å²) in [5, 5.41) is 0. The molecule has 2 aliphatic rings. The standard InChI is InChI=1S/C13H15ClN2O2S/c14-8-9-4-3-6-11(9)15-13-10-5-1-2-7-12(10)19(17,18)16-13/h1-2,5,7,9,11H,3-4,6,8H2,(H,15,16). The minimum atomic E-state index is -3.43. The zero-order valence-corrected chi connectivity index (χ0v) is 11.9. The SMILES string of the molecule is O=S1(=O)NC(=NC2CCCC2CCl)c2ccccc21. The van der Waals surface area contributed by atoms with Crippen molar-refractivity contribution in [1.29, 1.82) is 0 Å². The van der Waals surface area contributed by atoms with Crippen LogP contribution in [-0.2, 0) is 10.0 Å². The lowest BCUT2D eigenvalue weighted by Gasteiger charge is -2.13. The third-order valence-corrected chi connectivity index (χ3v) is 5.57. The highest BCUT2D eigenvalue weighted by molar-refractivity contribution is 7.90. The van der Waals surface area contributed by atoms with Crippen LogP contribution >= 0.6 is 11.6 Å². The van der Waals surface area contributed by atoms with Crippen molar-refractivity contribution in [2.24, 2.45) is 10.9 Å². The summed E-state index contributed by atoms with van der Waals surface area (Å²) in [4.78, 5) is 4.92. The van der Waals surface area contributed by atoms with Gasteiger partial charge >= 0.3 is 0 Å². The molecule has 1 aliphatic heterocycles. The lowest BCUT2D eigenvalue weighted by Crippen LogP contribution is -2.25. The molecule has 1 aromatic rings. The van der Waals surface area contributed by atoms with E-state index in [4.69, 9.17) is 11.6 Å². The Kier molecular flexibility index (Phi) is 3.27. The van der Waals surface area contributed by atoms with Gasteiger partial charge in [0.1, 0.15) is 5.84 Å². The van der Waals surface area contributed by atoms with Gasteiger partial charge in [0.05, 0.1) is 10.9 Å². The molecule has 6 heteroatoms. The van der Waals surface area contributed by atoms with Crippen molar-refractivity contribution in [3.63, 3.8) is 0 Å². The molecule has 0 amide bonds. The van der Waals surface area contributed by atoms with Gasteiger partial charge in [0.25, 0.3) is 10.0 Å². The minimum Gasteiger partial charge on any atom is -0.264 e. The minimum absolute atomic E-state index is 0.126. The molecule has 1 N–H and O–H groups in total. The average Bonchev–Trinajstić information content (AvgIpc) is 2.94. The fourth-order valence-corrected chi connectivity index (χ4v) is 4.36. The molecule has 0 aromatic heterocycles. The number of nitrogens with one attached hydrogen (secondary N) is 1. The van der Waals surface area contributed by atoms with Crippen LogP contribution in [0.2, 0.25) is 0 Å². The first-order chi connectivity index (χ1) is 9.12. The van der Waals surface area contributed by atoms with Crippen LogP contribution in [0.1, 0.15) is 24.8 Å². The number of aliphatic imine (C=N–C) groups is 1. The Hall–Kier alpha value is -1.07. The first-order valence-electron chi connectivity index (χ1n) is 6.38. The second kappa shape index (κ2) is 4.80. The maximum absolute atomic E-state index is 12.0. The predicted molar refractivity (Wildman–Crippen MR) is 75.1 cm³/mol. The number of benzene rings is 1. The highest BCUT2D eigenvalue weighted by Gasteiger charge is 2.33. The van der Waals surface area contributed by atoms with Gasteiger partial charge in [-0.3, -0.25) is 9.71 Å². The highest BCUT2D eigenvalue weighted by Crippen LogP contribution is 2.31. The van der Waals surface area contributed by atoms with E-state index in [-0.39, 0.29) is 6.04 Å². The number of rotatable bonds is 2. The van der Waals surface area contributed by atoms with E-state index >= 15 is 0 Å². The van der Waals surface area contributed by atoms with Crippen molar-refractivity contribution in [2.75, 3.05) is 5.88 Å². The van der Waals surface area contributed by atoms with Gasteiger partial charge in [-0.05, 0) is 30.9 Å². The van der Waals surface area contributed by atoms with Crippen molar-refractivity contribution in [3.8, 4) is 0 Å². The van der Waals surface area contributed by atoms with Gasteiger partial charge < -0.3 is 0 Å². The fourth-order valence-electron chi connectivity index (χ4n) is 2.76. The van der Waals surface area contributed by atoms with Crippen molar-refractivity contribution in [2.45, 2.75) is 30.2 Å². The lowest BCUT2D eigenvalue weighted by atomic mass is 10.1. The predicted octanol–water partition coefficient (Wildman–Crippen LogP) is 2.13. The summed E-state index contributed by atoms with van der Waals surface area (Å²) in [6.07, 6.45) is 3.15. The van der Waals surface area contributed by atoms with Gasteiger partial charge in [0, 0.05) is 11.4 Å². The highest BCUT2D eigenvalue weighted by atomic mass is 35.5. The molecular formula is C13H15ClN2O2S. The molecule has 0 spiro atoms. The van der Waals surface area contributed by atoms with Crippen LogP contribution in [0, 0.1) is 5.92 Å². The van der Waals surface area contributed by atoms with Crippen LogP contribution < -0.4 is 4.72 Å². The fraction of sp³-hybridized carbons (Fsp3) is 0.462. The number of sulfonamides is 1. The van der Waals surface area contributed by atoms with Crippen molar-refractivity contribution in [3.05, 3.63) is 29.8 Å². The van der Waals surface area contributed by atoms with Gasteiger partial charge in [-0.1, -0.05) is 18.6 Å². The Morgan fingerprint density at radius 1 is 1.32 bits per heavy atom. The number of nitrogens with zero attached hydrogens (tertiary/aromatic N) is 1. The number of hydrogen-bond acceptors (Lipinski definition) is 3. The second-order valence-corrected chi connectivity index (χ2v) is 6.95. The lowest BCUT2D eigenvalue weighted by molar-refractivity contribution is 0.535. The average molecular weight is 299 g/mol. The first kappa shape index (κ1) is 12.9. The van der Waals surface area contributed by atoms with Crippen LogP contribution in [0.25, 0.3) is 0 Å². The molecule has 2 atom stereocenters. The monoisotopic (exact) mass is 298 g/mol. The van der Waals surface area contributed by atoms with E-state index < -0.39 is 10.0 Å². The van der Waals surface area contributed by atoms with Crippen LogP contribution in [0.3, 0.4) is 0 Å². The molecule has 1 fully saturated rings. The van der Waals surface area contributed by atoms with Gasteiger partial charge in [0.2, 0.25) is 0 Å². The summed E-state index contributed by atoms with van der Waals surface area (Å²) >= 11 is 5.94. The molecule has 4 nitrogen and oxygen atoms in total. The zero-order valence-electron chi connectivity index (χ0n) is 10.3. The molecule has 0 saturated heterocycles. The first-order valence-corrected chi connectivity index (χ1v) is 8.39. The molecule has 102 valence electrons. The zero-order chi connectivity index (χ0) is 13.5. The summed E-state index contributed by atoms with van der Waals surface area (Å²) in [6.45, 7) is 0. The second-order valence-electron chi connectivity index (χ2n) is 4.99. The van der Waals surface area contributed by atoms with E-state index in [1.807, 2.05) is 6.07 Å². The van der Waals surface area contributed by atoms with Crippen molar-refractivity contribution in [1.82, 2.24) is 4.72 Å². The summed E-state index contributed by atoms with van der Waals surface area (Å²) in [5.74, 6) is 1.40. The molecule has 19 heavy (non-hydrogen) atoms. The molecule has 1 aromatic carbocycles. The Balaban J connectivity index is 2.00. The van der Waals surface area contributed by atoms with Gasteiger partial charge in [0.15, 0.2) is 0 Å². The molecule has 3 rings (SSSR count).